The molecule has 2 N–H and O–H groups in total. The second-order valence-electron chi connectivity index (χ2n) is 2.48. The summed E-state index contributed by atoms with van der Waals surface area (Å²) >= 11 is 1.48. The van der Waals surface area contributed by atoms with Crippen molar-refractivity contribution in [1.82, 2.24) is 15.5 Å². The summed E-state index contributed by atoms with van der Waals surface area (Å²) in [5.41, 5.74) is 0. The van der Waals surface area contributed by atoms with E-state index < -0.39 is 0 Å². The largest absolute Gasteiger partial charge is 0.360 e. The molecule has 1 aromatic heterocycles. The van der Waals surface area contributed by atoms with E-state index in [1.54, 1.807) is 7.05 Å². The third kappa shape index (κ3) is 3.37. The lowest BCUT2D eigenvalue weighted by atomic mass is 10.4. The molecule has 0 aromatic carbocycles. The van der Waals surface area contributed by atoms with Crippen molar-refractivity contribution < 1.29 is 4.79 Å². The molecule has 0 radical (unpaired) electrons. The summed E-state index contributed by atoms with van der Waals surface area (Å²) in [6.07, 6.45) is 0.453. The van der Waals surface area contributed by atoms with Crippen molar-refractivity contribution >= 4 is 22.4 Å². The molecular formula is C7H12N4OS. The third-order valence-corrected chi connectivity index (χ3v) is 2.23. The normalized spacial score (nSPS) is 9.69. The van der Waals surface area contributed by atoms with E-state index in [0.29, 0.717) is 13.0 Å². The van der Waals surface area contributed by atoms with Gasteiger partial charge in [0, 0.05) is 20.0 Å². The van der Waals surface area contributed by atoms with Crippen LogP contribution in [0, 0.1) is 6.92 Å². The Morgan fingerprint density at radius 2 is 2.31 bits per heavy atom. The molecule has 0 spiro atoms. The molecular weight excluding hydrogens is 188 g/mol. The summed E-state index contributed by atoms with van der Waals surface area (Å²) in [7, 11) is 1.62. The minimum atomic E-state index is 0.0220. The molecule has 0 atom stereocenters. The van der Waals surface area contributed by atoms with E-state index in [1.165, 1.54) is 11.3 Å². The fourth-order valence-corrected chi connectivity index (χ4v) is 1.39. The first-order valence-electron chi connectivity index (χ1n) is 3.97. The van der Waals surface area contributed by atoms with Crippen molar-refractivity contribution in [1.29, 1.82) is 0 Å². The molecule has 72 valence electrons. The highest BCUT2D eigenvalue weighted by atomic mass is 32.1. The van der Waals surface area contributed by atoms with Crippen LogP contribution in [0.5, 0.6) is 0 Å². The number of nitrogens with one attached hydrogen (secondary N) is 2. The maximum Gasteiger partial charge on any atom is 0.221 e. The van der Waals surface area contributed by atoms with E-state index in [4.69, 9.17) is 0 Å². The summed E-state index contributed by atoms with van der Waals surface area (Å²) in [6, 6.07) is 0. The van der Waals surface area contributed by atoms with Crippen LogP contribution >= 0.6 is 11.3 Å². The second-order valence-corrected chi connectivity index (χ2v) is 3.66. The van der Waals surface area contributed by atoms with Gasteiger partial charge < -0.3 is 10.6 Å². The summed E-state index contributed by atoms with van der Waals surface area (Å²) in [5.74, 6) is 0.0220. The van der Waals surface area contributed by atoms with Gasteiger partial charge in [0.1, 0.15) is 5.01 Å². The summed E-state index contributed by atoms with van der Waals surface area (Å²) < 4.78 is 0. The number of anilines is 1. The van der Waals surface area contributed by atoms with Gasteiger partial charge in [-0.1, -0.05) is 11.3 Å². The Bertz CT molecular complexity index is 286. The van der Waals surface area contributed by atoms with Crippen molar-refractivity contribution in [3.63, 3.8) is 0 Å². The number of carbonyl (C=O) groups is 1. The van der Waals surface area contributed by atoms with Crippen LogP contribution in [0.25, 0.3) is 0 Å². The highest BCUT2D eigenvalue weighted by Gasteiger charge is 2.00. The Hall–Kier alpha value is -1.17. The van der Waals surface area contributed by atoms with Gasteiger partial charge in [-0.15, -0.1) is 10.2 Å². The molecule has 1 amide bonds. The number of nitrogens with zero attached hydrogens (tertiary/aromatic N) is 2. The maximum atomic E-state index is 10.8. The highest BCUT2D eigenvalue weighted by molar-refractivity contribution is 7.15. The molecule has 0 aliphatic carbocycles. The van der Waals surface area contributed by atoms with Gasteiger partial charge in [0.2, 0.25) is 11.0 Å². The summed E-state index contributed by atoms with van der Waals surface area (Å²) in [4.78, 5) is 10.8. The van der Waals surface area contributed by atoms with Gasteiger partial charge in [-0.2, -0.15) is 0 Å². The molecule has 0 unspecified atom stereocenters. The molecule has 0 saturated carbocycles. The zero-order valence-corrected chi connectivity index (χ0v) is 8.44. The van der Waals surface area contributed by atoms with E-state index >= 15 is 0 Å². The number of rotatable bonds is 4. The smallest absolute Gasteiger partial charge is 0.221 e. The first-order chi connectivity index (χ1) is 6.22. The van der Waals surface area contributed by atoms with Crippen molar-refractivity contribution in [3.05, 3.63) is 5.01 Å². The molecule has 0 aliphatic rings. The first kappa shape index (κ1) is 9.91. The lowest BCUT2D eigenvalue weighted by Crippen LogP contribution is -2.20. The van der Waals surface area contributed by atoms with Gasteiger partial charge in [0.05, 0.1) is 0 Å². The molecule has 6 heteroatoms. The standard InChI is InChI=1S/C7H12N4OS/c1-5-10-11-7(13-5)9-4-3-6(12)8-2/h3-4H2,1-2H3,(H,8,12)(H,9,11). The van der Waals surface area contributed by atoms with E-state index in [0.717, 1.165) is 10.1 Å². The monoisotopic (exact) mass is 200 g/mol. The number of carbonyl (C=O) groups excluding carboxylic acids is 1. The Morgan fingerprint density at radius 3 is 2.85 bits per heavy atom. The van der Waals surface area contributed by atoms with Crippen LogP contribution in [-0.4, -0.2) is 29.7 Å². The second kappa shape index (κ2) is 4.76. The van der Waals surface area contributed by atoms with Gasteiger partial charge in [0.25, 0.3) is 0 Å². The van der Waals surface area contributed by atoms with Gasteiger partial charge in [-0.3, -0.25) is 4.79 Å². The van der Waals surface area contributed by atoms with E-state index in [9.17, 15) is 4.79 Å². The summed E-state index contributed by atoms with van der Waals surface area (Å²) in [6.45, 7) is 2.48. The molecule has 0 bridgehead atoms. The third-order valence-electron chi connectivity index (χ3n) is 1.43. The Balaban J connectivity index is 2.24. The van der Waals surface area contributed by atoms with E-state index in [-0.39, 0.29) is 5.91 Å². The quantitative estimate of drug-likeness (QED) is 0.738. The lowest BCUT2D eigenvalue weighted by molar-refractivity contribution is -0.120. The lowest BCUT2D eigenvalue weighted by Gasteiger charge is -1.99. The van der Waals surface area contributed by atoms with Gasteiger partial charge in [-0.05, 0) is 6.92 Å². The minimum absolute atomic E-state index is 0.0220. The molecule has 0 saturated heterocycles. The Labute approximate surface area is 80.6 Å². The Morgan fingerprint density at radius 1 is 1.54 bits per heavy atom. The SMILES string of the molecule is CNC(=O)CCNc1nnc(C)s1. The van der Waals surface area contributed by atoms with Gasteiger partial charge in [-0.25, -0.2) is 0 Å². The van der Waals surface area contributed by atoms with Gasteiger partial charge in [0.15, 0.2) is 0 Å². The fraction of sp³-hybridized carbons (Fsp3) is 0.571. The van der Waals surface area contributed by atoms with E-state index in [1.807, 2.05) is 6.92 Å². The number of hydrogen-bond donors (Lipinski definition) is 2. The van der Waals surface area contributed by atoms with Crippen LogP contribution in [0.4, 0.5) is 5.13 Å². The zero-order chi connectivity index (χ0) is 9.68. The van der Waals surface area contributed by atoms with Crippen LogP contribution in [0.1, 0.15) is 11.4 Å². The van der Waals surface area contributed by atoms with E-state index in [2.05, 4.69) is 20.8 Å². The van der Waals surface area contributed by atoms with Crippen molar-refractivity contribution in [3.8, 4) is 0 Å². The van der Waals surface area contributed by atoms with Crippen molar-refractivity contribution in [2.24, 2.45) is 0 Å². The van der Waals surface area contributed by atoms with Crippen LogP contribution in [0.15, 0.2) is 0 Å². The zero-order valence-electron chi connectivity index (χ0n) is 7.63. The molecule has 5 nitrogen and oxygen atoms in total. The van der Waals surface area contributed by atoms with Crippen molar-refractivity contribution in [2.45, 2.75) is 13.3 Å². The molecule has 1 aromatic rings. The maximum absolute atomic E-state index is 10.8. The fourth-order valence-electron chi connectivity index (χ4n) is 0.776. The molecule has 0 fully saturated rings. The predicted octanol–water partition coefficient (Wildman–Crippen LogP) is 0.395. The van der Waals surface area contributed by atoms with Crippen molar-refractivity contribution in [2.75, 3.05) is 18.9 Å². The van der Waals surface area contributed by atoms with Crippen LogP contribution in [0.2, 0.25) is 0 Å². The average molecular weight is 200 g/mol. The topological polar surface area (TPSA) is 66.9 Å². The predicted molar refractivity (Wildman–Crippen MR) is 51.8 cm³/mol. The number of hydrogen-bond acceptors (Lipinski definition) is 5. The van der Waals surface area contributed by atoms with Gasteiger partial charge >= 0.3 is 0 Å². The molecule has 13 heavy (non-hydrogen) atoms. The van der Waals surface area contributed by atoms with Crippen LogP contribution < -0.4 is 10.6 Å². The van der Waals surface area contributed by atoms with Crippen LogP contribution in [-0.2, 0) is 4.79 Å². The Kier molecular flexibility index (Phi) is 3.63. The molecule has 1 heterocycles. The highest BCUT2D eigenvalue weighted by Crippen LogP contribution is 2.12. The number of aromatic nitrogens is 2. The summed E-state index contributed by atoms with van der Waals surface area (Å²) in [5, 5.41) is 14.9. The number of aryl methyl sites for hydroxylation is 1. The molecule has 0 aliphatic heterocycles. The number of amides is 1. The average Bonchev–Trinajstić information content (AvgIpc) is 2.51. The van der Waals surface area contributed by atoms with Crippen LogP contribution in [0.3, 0.4) is 0 Å². The molecule has 1 rings (SSSR count). The first-order valence-corrected chi connectivity index (χ1v) is 4.78. The minimum Gasteiger partial charge on any atom is -0.360 e.